The first-order chi connectivity index (χ1) is 5.72. The molecule has 0 fully saturated rings. The Hall–Kier alpha value is -1.09. The van der Waals surface area contributed by atoms with Crippen LogP contribution in [-0.4, -0.2) is 33.2 Å². The summed E-state index contributed by atoms with van der Waals surface area (Å²) in [6.45, 7) is 0. The van der Waals surface area contributed by atoms with Crippen LogP contribution in [0.15, 0.2) is 24.4 Å². The van der Waals surface area contributed by atoms with Crippen molar-refractivity contribution in [3.63, 3.8) is 0 Å². The van der Waals surface area contributed by atoms with Crippen LogP contribution in [0.3, 0.4) is 0 Å². The van der Waals surface area contributed by atoms with Crippen molar-refractivity contribution in [3.8, 4) is 0 Å². The van der Waals surface area contributed by atoms with Crippen LogP contribution >= 0.6 is 0 Å². The standard InChI is InChI=1S/C7H10N2.C2H7N/c1-9(2)7-5-3-4-6-8-7;1-3-2/h3-6H,1-2H3;3H,1-2H3. The van der Waals surface area contributed by atoms with Crippen LogP contribution in [0.2, 0.25) is 0 Å². The highest BCUT2D eigenvalue weighted by molar-refractivity contribution is 5.34. The lowest BCUT2D eigenvalue weighted by Gasteiger charge is -2.08. The highest BCUT2D eigenvalue weighted by Gasteiger charge is 1.89. The zero-order valence-electron chi connectivity index (χ0n) is 8.20. The van der Waals surface area contributed by atoms with Crippen molar-refractivity contribution < 1.29 is 0 Å². The minimum atomic E-state index is 0.998. The van der Waals surface area contributed by atoms with Crippen molar-refractivity contribution in [1.29, 1.82) is 0 Å². The first-order valence-electron chi connectivity index (χ1n) is 3.89. The number of nitrogens with zero attached hydrogens (tertiary/aromatic N) is 2. The molecular weight excluding hydrogens is 150 g/mol. The van der Waals surface area contributed by atoms with Gasteiger partial charge in [0.1, 0.15) is 5.82 Å². The Labute approximate surface area is 74.4 Å². The molecule has 0 aliphatic rings. The van der Waals surface area contributed by atoms with E-state index in [2.05, 4.69) is 10.3 Å². The van der Waals surface area contributed by atoms with Gasteiger partial charge in [-0.25, -0.2) is 4.98 Å². The summed E-state index contributed by atoms with van der Waals surface area (Å²) in [6.07, 6.45) is 1.79. The Balaban J connectivity index is 0.000000354. The fourth-order valence-corrected chi connectivity index (χ4v) is 0.618. The largest absolute Gasteiger partial charge is 0.363 e. The number of aromatic nitrogens is 1. The SMILES string of the molecule is CN(C)c1ccccn1.CNC. The molecule has 1 rings (SSSR count). The third kappa shape index (κ3) is 4.68. The molecule has 0 aromatic carbocycles. The molecule has 0 bridgehead atoms. The number of hydrogen-bond acceptors (Lipinski definition) is 3. The number of anilines is 1. The van der Waals surface area contributed by atoms with Gasteiger partial charge in [0.15, 0.2) is 0 Å². The molecule has 12 heavy (non-hydrogen) atoms. The van der Waals surface area contributed by atoms with Gasteiger partial charge in [-0.15, -0.1) is 0 Å². The normalized spacial score (nSPS) is 8.33. The van der Waals surface area contributed by atoms with Gasteiger partial charge in [-0.1, -0.05) is 6.07 Å². The van der Waals surface area contributed by atoms with E-state index in [-0.39, 0.29) is 0 Å². The predicted octanol–water partition coefficient (Wildman–Crippen LogP) is 0.983. The van der Waals surface area contributed by atoms with Crippen molar-refractivity contribution in [3.05, 3.63) is 24.4 Å². The van der Waals surface area contributed by atoms with E-state index in [1.165, 1.54) is 0 Å². The van der Waals surface area contributed by atoms with Gasteiger partial charge in [0, 0.05) is 20.3 Å². The predicted molar refractivity (Wildman–Crippen MR) is 53.5 cm³/mol. The van der Waals surface area contributed by atoms with Crippen LogP contribution < -0.4 is 10.2 Å². The van der Waals surface area contributed by atoms with E-state index in [0.29, 0.717) is 0 Å². The molecule has 0 radical (unpaired) electrons. The van der Waals surface area contributed by atoms with Crippen LogP contribution in [0.5, 0.6) is 0 Å². The van der Waals surface area contributed by atoms with E-state index in [0.717, 1.165) is 5.82 Å². The Kier molecular flexibility index (Phi) is 6.01. The summed E-state index contributed by atoms with van der Waals surface area (Å²) in [7, 11) is 7.70. The Morgan fingerprint density at radius 1 is 1.25 bits per heavy atom. The summed E-state index contributed by atoms with van der Waals surface area (Å²) >= 11 is 0. The zero-order chi connectivity index (χ0) is 9.40. The van der Waals surface area contributed by atoms with E-state index < -0.39 is 0 Å². The van der Waals surface area contributed by atoms with Crippen molar-refractivity contribution >= 4 is 5.82 Å². The first kappa shape index (κ1) is 10.9. The number of rotatable bonds is 1. The van der Waals surface area contributed by atoms with Crippen molar-refractivity contribution in [2.45, 2.75) is 0 Å². The molecule has 0 saturated carbocycles. The Morgan fingerprint density at radius 2 is 1.83 bits per heavy atom. The van der Waals surface area contributed by atoms with E-state index >= 15 is 0 Å². The second-order valence-electron chi connectivity index (χ2n) is 2.58. The second kappa shape index (κ2) is 6.61. The van der Waals surface area contributed by atoms with Gasteiger partial charge in [0.05, 0.1) is 0 Å². The molecule has 0 saturated heterocycles. The Morgan fingerprint density at radius 3 is 2.08 bits per heavy atom. The maximum absolute atomic E-state index is 4.10. The van der Waals surface area contributed by atoms with Crippen LogP contribution in [0.4, 0.5) is 5.82 Å². The van der Waals surface area contributed by atoms with Crippen LogP contribution in [-0.2, 0) is 0 Å². The van der Waals surface area contributed by atoms with E-state index in [1.54, 1.807) is 6.20 Å². The monoisotopic (exact) mass is 167 g/mol. The zero-order valence-corrected chi connectivity index (χ0v) is 8.20. The molecule has 0 spiro atoms. The second-order valence-corrected chi connectivity index (χ2v) is 2.58. The van der Waals surface area contributed by atoms with Crippen LogP contribution in [0.1, 0.15) is 0 Å². The van der Waals surface area contributed by atoms with Crippen LogP contribution in [0, 0.1) is 0 Å². The maximum atomic E-state index is 4.10. The molecule has 68 valence electrons. The van der Waals surface area contributed by atoms with E-state index in [4.69, 9.17) is 0 Å². The molecule has 0 amide bonds. The third-order valence-electron chi connectivity index (χ3n) is 1.11. The van der Waals surface area contributed by atoms with Gasteiger partial charge in [-0.05, 0) is 26.2 Å². The fraction of sp³-hybridized carbons (Fsp3) is 0.444. The fourth-order valence-electron chi connectivity index (χ4n) is 0.618. The minimum absolute atomic E-state index is 0.998. The van der Waals surface area contributed by atoms with Gasteiger partial charge < -0.3 is 10.2 Å². The van der Waals surface area contributed by atoms with Gasteiger partial charge in [0.2, 0.25) is 0 Å². The van der Waals surface area contributed by atoms with Gasteiger partial charge in [-0.2, -0.15) is 0 Å². The molecule has 0 atom stereocenters. The summed E-state index contributed by atoms with van der Waals surface area (Å²) < 4.78 is 0. The first-order valence-corrected chi connectivity index (χ1v) is 3.89. The van der Waals surface area contributed by atoms with E-state index in [1.807, 2.05) is 51.3 Å². The molecule has 0 aliphatic carbocycles. The van der Waals surface area contributed by atoms with Crippen LogP contribution in [0.25, 0.3) is 0 Å². The maximum Gasteiger partial charge on any atom is 0.127 e. The van der Waals surface area contributed by atoms with Crippen molar-refractivity contribution in [1.82, 2.24) is 10.3 Å². The van der Waals surface area contributed by atoms with Gasteiger partial charge in [0.25, 0.3) is 0 Å². The lowest BCUT2D eigenvalue weighted by atomic mass is 10.4. The molecule has 0 aliphatic heterocycles. The highest BCUT2D eigenvalue weighted by atomic mass is 15.1. The third-order valence-corrected chi connectivity index (χ3v) is 1.11. The molecule has 3 nitrogen and oxygen atoms in total. The summed E-state index contributed by atoms with van der Waals surface area (Å²) in [5.41, 5.74) is 0. The van der Waals surface area contributed by atoms with Gasteiger partial charge >= 0.3 is 0 Å². The number of hydrogen-bond donors (Lipinski definition) is 1. The summed E-state index contributed by atoms with van der Waals surface area (Å²) in [4.78, 5) is 6.08. The summed E-state index contributed by atoms with van der Waals surface area (Å²) in [5.74, 6) is 0.998. The average molecular weight is 167 g/mol. The molecular formula is C9H17N3. The Bertz CT molecular complexity index is 184. The molecule has 3 heteroatoms. The summed E-state index contributed by atoms with van der Waals surface area (Å²) in [5, 5.41) is 2.75. The topological polar surface area (TPSA) is 28.2 Å². The molecule has 1 N–H and O–H groups in total. The smallest absolute Gasteiger partial charge is 0.127 e. The molecule has 0 unspecified atom stereocenters. The number of nitrogens with one attached hydrogen (secondary N) is 1. The minimum Gasteiger partial charge on any atom is -0.363 e. The summed E-state index contributed by atoms with van der Waals surface area (Å²) in [6, 6.07) is 5.86. The molecule has 1 heterocycles. The van der Waals surface area contributed by atoms with Gasteiger partial charge in [-0.3, -0.25) is 0 Å². The van der Waals surface area contributed by atoms with Crippen molar-refractivity contribution in [2.24, 2.45) is 0 Å². The lowest BCUT2D eigenvalue weighted by Crippen LogP contribution is -2.09. The van der Waals surface area contributed by atoms with E-state index in [9.17, 15) is 0 Å². The number of pyridine rings is 1. The lowest BCUT2D eigenvalue weighted by molar-refractivity contribution is 1.02. The quantitative estimate of drug-likeness (QED) is 0.676. The van der Waals surface area contributed by atoms with Crippen molar-refractivity contribution in [2.75, 3.05) is 33.1 Å². The molecule has 1 aromatic heterocycles. The highest BCUT2D eigenvalue weighted by Crippen LogP contribution is 2.02. The average Bonchev–Trinajstić information content (AvgIpc) is 2.07. The molecule has 1 aromatic rings.